The number of nitro groups is 1. The molecule has 4 nitrogen and oxygen atoms in total. The maximum absolute atomic E-state index is 11.1. The first kappa shape index (κ1) is 15.6. The van der Waals surface area contributed by atoms with Gasteiger partial charge in [0.2, 0.25) is 0 Å². The van der Waals surface area contributed by atoms with Gasteiger partial charge in [-0.2, -0.15) is 0 Å². The molecule has 0 unspecified atom stereocenters. The molecule has 0 aromatic heterocycles. The van der Waals surface area contributed by atoms with Crippen LogP contribution in [0, 0.1) is 17.0 Å². The minimum atomic E-state index is -0.362. The lowest BCUT2D eigenvalue weighted by atomic mass is 10.0. The molecule has 118 valence electrons. The van der Waals surface area contributed by atoms with Crippen molar-refractivity contribution in [2.75, 3.05) is 0 Å². The van der Waals surface area contributed by atoms with Crippen LogP contribution in [0.4, 0.5) is 11.4 Å². The average Bonchev–Trinajstić information content (AvgIpc) is 2.61. The third-order valence-corrected chi connectivity index (χ3v) is 3.82. The molecule has 0 atom stereocenters. The van der Waals surface area contributed by atoms with Gasteiger partial charge in [-0.05, 0) is 41.8 Å². The maximum Gasteiger partial charge on any atom is 0.277 e. The topological polar surface area (TPSA) is 55.5 Å². The zero-order valence-corrected chi connectivity index (χ0v) is 13.2. The molecule has 0 bridgehead atoms. The Morgan fingerprint density at radius 1 is 0.917 bits per heavy atom. The Kier molecular flexibility index (Phi) is 4.47. The number of aliphatic imine (C=N–C) groups is 1. The van der Waals surface area contributed by atoms with Gasteiger partial charge in [-0.15, -0.1) is 0 Å². The largest absolute Gasteiger partial charge is 0.277 e. The Labute approximate surface area is 140 Å². The van der Waals surface area contributed by atoms with E-state index in [1.807, 2.05) is 61.7 Å². The van der Waals surface area contributed by atoms with E-state index in [1.165, 1.54) is 6.07 Å². The summed E-state index contributed by atoms with van der Waals surface area (Å²) in [6, 6.07) is 22.2. The molecule has 0 saturated carbocycles. The standard InChI is InChI=1S/C20H16N2O2/c1-15-6-2-3-7-17(15)14-21-18-12-10-16(11-13-18)19-8-4-5-9-20(19)22(23)24/h2-14H,1H3. The van der Waals surface area contributed by atoms with E-state index in [4.69, 9.17) is 0 Å². The summed E-state index contributed by atoms with van der Waals surface area (Å²) in [4.78, 5) is 15.2. The van der Waals surface area contributed by atoms with E-state index in [1.54, 1.807) is 18.2 Å². The summed E-state index contributed by atoms with van der Waals surface area (Å²) in [6.07, 6.45) is 1.83. The third-order valence-electron chi connectivity index (χ3n) is 3.82. The molecule has 24 heavy (non-hydrogen) atoms. The smallest absolute Gasteiger partial charge is 0.258 e. The van der Waals surface area contributed by atoms with Crippen LogP contribution in [0.3, 0.4) is 0 Å². The molecule has 0 amide bonds. The van der Waals surface area contributed by atoms with Crippen LogP contribution in [0.15, 0.2) is 77.8 Å². The molecule has 0 heterocycles. The lowest BCUT2D eigenvalue weighted by molar-refractivity contribution is -0.384. The van der Waals surface area contributed by atoms with Crippen molar-refractivity contribution in [1.29, 1.82) is 0 Å². The lowest BCUT2D eigenvalue weighted by Gasteiger charge is -2.03. The van der Waals surface area contributed by atoms with Crippen molar-refractivity contribution in [3.05, 3.63) is 94.0 Å². The fourth-order valence-corrected chi connectivity index (χ4v) is 2.48. The summed E-state index contributed by atoms with van der Waals surface area (Å²) in [5.74, 6) is 0. The Balaban J connectivity index is 1.87. The van der Waals surface area contributed by atoms with Gasteiger partial charge in [-0.3, -0.25) is 15.1 Å². The van der Waals surface area contributed by atoms with E-state index in [2.05, 4.69) is 4.99 Å². The number of nitrogens with zero attached hydrogens (tertiary/aromatic N) is 2. The SMILES string of the molecule is Cc1ccccc1C=Nc1ccc(-c2ccccc2[N+](=O)[O-])cc1. The highest BCUT2D eigenvalue weighted by atomic mass is 16.6. The number of hydrogen-bond donors (Lipinski definition) is 0. The summed E-state index contributed by atoms with van der Waals surface area (Å²) < 4.78 is 0. The number of benzene rings is 3. The maximum atomic E-state index is 11.1. The molecule has 0 N–H and O–H groups in total. The van der Waals surface area contributed by atoms with Crippen LogP contribution in [0.2, 0.25) is 0 Å². The second-order valence-corrected chi connectivity index (χ2v) is 5.44. The number of para-hydroxylation sites is 1. The first-order chi connectivity index (χ1) is 11.6. The van der Waals surface area contributed by atoms with E-state index in [-0.39, 0.29) is 10.6 Å². The van der Waals surface area contributed by atoms with E-state index in [0.29, 0.717) is 5.56 Å². The van der Waals surface area contributed by atoms with E-state index in [0.717, 1.165) is 22.4 Å². The number of rotatable bonds is 4. The van der Waals surface area contributed by atoms with Gasteiger partial charge in [-0.25, -0.2) is 0 Å². The molecular formula is C20H16N2O2. The second-order valence-electron chi connectivity index (χ2n) is 5.44. The summed E-state index contributed by atoms with van der Waals surface area (Å²) in [6.45, 7) is 2.04. The predicted octanol–water partition coefficient (Wildman–Crippen LogP) is 5.32. The van der Waals surface area contributed by atoms with Crippen molar-refractivity contribution in [3.63, 3.8) is 0 Å². The van der Waals surface area contributed by atoms with E-state index in [9.17, 15) is 10.1 Å². The fourth-order valence-electron chi connectivity index (χ4n) is 2.48. The normalized spacial score (nSPS) is 10.9. The minimum Gasteiger partial charge on any atom is -0.258 e. The van der Waals surface area contributed by atoms with Gasteiger partial charge in [0.1, 0.15) is 0 Å². The molecule has 0 aliphatic rings. The zero-order valence-electron chi connectivity index (χ0n) is 13.2. The van der Waals surface area contributed by atoms with Crippen LogP contribution in [0.1, 0.15) is 11.1 Å². The number of aryl methyl sites for hydroxylation is 1. The van der Waals surface area contributed by atoms with Crippen molar-refractivity contribution >= 4 is 17.6 Å². The van der Waals surface area contributed by atoms with Crippen molar-refractivity contribution in [1.82, 2.24) is 0 Å². The van der Waals surface area contributed by atoms with Gasteiger partial charge in [0, 0.05) is 12.3 Å². The quantitative estimate of drug-likeness (QED) is 0.371. The highest BCUT2D eigenvalue weighted by Crippen LogP contribution is 2.30. The monoisotopic (exact) mass is 316 g/mol. The third kappa shape index (κ3) is 3.38. The molecule has 4 heteroatoms. The molecule has 3 rings (SSSR count). The van der Waals surface area contributed by atoms with Crippen LogP contribution in [0.25, 0.3) is 11.1 Å². The van der Waals surface area contributed by atoms with Gasteiger partial charge < -0.3 is 0 Å². The highest BCUT2D eigenvalue weighted by molar-refractivity contribution is 5.84. The molecule has 0 saturated heterocycles. The molecule has 0 aliphatic carbocycles. The lowest BCUT2D eigenvalue weighted by Crippen LogP contribution is -1.91. The van der Waals surface area contributed by atoms with E-state index < -0.39 is 0 Å². The number of nitro benzene ring substituents is 1. The van der Waals surface area contributed by atoms with Crippen molar-refractivity contribution in [2.24, 2.45) is 4.99 Å². The van der Waals surface area contributed by atoms with Crippen molar-refractivity contribution < 1.29 is 4.92 Å². The molecule has 3 aromatic carbocycles. The van der Waals surface area contributed by atoms with Gasteiger partial charge in [0.25, 0.3) is 5.69 Å². The van der Waals surface area contributed by atoms with Crippen LogP contribution in [0.5, 0.6) is 0 Å². The van der Waals surface area contributed by atoms with Crippen molar-refractivity contribution in [2.45, 2.75) is 6.92 Å². The average molecular weight is 316 g/mol. The summed E-state index contributed by atoms with van der Waals surface area (Å²) in [7, 11) is 0. The summed E-state index contributed by atoms with van der Waals surface area (Å²) >= 11 is 0. The molecule has 0 radical (unpaired) electrons. The first-order valence-electron chi connectivity index (χ1n) is 7.59. The molecule has 0 aliphatic heterocycles. The van der Waals surface area contributed by atoms with Gasteiger partial charge in [0.15, 0.2) is 0 Å². The van der Waals surface area contributed by atoms with Crippen LogP contribution >= 0.6 is 0 Å². The van der Waals surface area contributed by atoms with E-state index >= 15 is 0 Å². The predicted molar refractivity (Wildman–Crippen MR) is 97.0 cm³/mol. The highest BCUT2D eigenvalue weighted by Gasteiger charge is 2.13. The second kappa shape index (κ2) is 6.87. The van der Waals surface area contributed by atoms with Gasteiger partial charge in [-0.1, -0.05) is 48.5 Å². The Bertz CT molecular complexity index is 900. The fraction of sp³-hybridized carbons (Fsp3) is 0.0500. The molecule has 0 fully saturated rings. The minimum absolute atomic E-state index is 0.105. The molecule has 3 aromatic rings. The van der Waals surface area contributed by atoms with Crippen molar-refractivity contribution in [3.8, 4) is 11.1 Å². The summed E-state index contributed by atoms with van der Waals surface area (Å²) in [5.41, 5.74) is 4.56. The van der Waals surface area contributed by atoms with Crippen LogP contribution < -0.4 is 0 Å². The Morgan fingerprint density at radius 3 is 2.29 bits per heavy atom. The van der Waals surface area contributed by atoms with Crippen LogP contribution in [-0.4, -0.2) is 11.1 Å². The summed E-state index contributed by atoms with van der Waals surface area (Å²) in [5, 5.41) is 11.1. The molecular weight excluding hydrogens is 300 g/mol. The molecule has 0 spiro atoms. The van der Waals surface area contributed by atoms with Crippen LogP contribution in [-0.2, 0) is 0 Å². The number of hydrogen-bond acceptors (Lipinski definition) is 3. The first-order valence-corrected chi connectivity index (χ1v) is 7.59. The Morgan fingerprint density at radius 2 is 1.58 bits per heavy atom. The van der Waals surface area contributed by atoms with Gasteiger partial charge >= 0.3 is 0 Å². The Hall–Kier alpha value is -3.27. The zero-order chi connectivity index (χ0) is 16.9. The van der Waals surface area contributed by atoms with Gasteiger partial charge in [0.05, 0.1) is 16.2 Å².